The number of rotatable bonds is 3. The maximum Gasteiger partial charge on any atom is 0.227 e. The Morgan fingerprint density at radius 2 is 2.19 bits per heavy atom. The summed E-state index contributed by atoms with van der Waals surface area (Å²) < 4.78 is 32.2. The first-order valence-corrected chi connectivity index (χ1v) is 7.29. The molecule has 0 spiro atoms. The van der Waals surface area contributed by atoms with Gasteiger partial charge < -0.3 is 9.64 Å². The molecule has 1 heterocycles. The van der Waals surface area contributed by atoms with Crippen molar-refractivity contribution in [2.75, 3.05) is 19.0 Å². The van der Waals surface area contributed by atoms with Gasteiger partial charge in [0.25, 0.3) is 0 Å². The van der Waals surface area contributed by atoms with Crippen LogP contribution in [0.3, 0.4) is 0 Å². The van der Waals surface area contributed by atoms with Gasteiger partial charge in [-0.25, -0.2) is 8.78 Å². The Kier molecular flexibility index (Phi) is 4.84. The molecule has 116 valence electrons. The minimum absolute atomic E-state index is 0.100. The van der Waals surface area contributed by atoms with Crippen LogP contribution in [0.15, 0.2) is 18.2 Å². The van der Waals surface area contributed by atoms with Gasteiger partial charge in [0.2, 0.25) is 5.91 Å². The van der Waals surface area contributed by atoms with Crippen LogP contribution >= 0.6 is 11.6 Å². The van der Waals surface area contributed by atoms with Crippen molar-refractivity contribution in [2.24, 2.45) is 0 Å². The van der Waals surface area contributed by atoms with E-state index in [4.69, 9.17) is 16.3 Å². The van der Waals surface area contributed by atoms with Crippen LogP contribution in [0.1, 0.15) is 19.4 Å². The highest BCUT2D eigenvalue weighted by Crippen LogP contribution is 2.22. The number of benzene rings is 1. The number of carbonyl (C=O) groups is 1. The van der Waals surface area contributed by atoms with Crippen LogP contribution in [-0.2, 0) is 16.0 Å². The zero-order chi connectivity index (χ0) is 15.6. The third-order valence-electron chi connectivity index (χ3n) is 3.36. The van der Waals surface area contributed by atoms with Crippen LogP contribution < -0.4 is 0 Å². The molecule has 21 heavy (non-hydrogen) atoms. The zero-order valence-corrected chi connectivity index (χ0v) is 12.8. The van der Waals surface area contributed by atoms with Crippen molar-refractivity contribution in [1.82, 2.24) is 4.90 Å². The Hall–Kier alpha value is -1.20. The molecule has 1 aromatic rings. The lowest BCUT2D eigenvalue weighted by Gasteiger charge is -2.42. The first-order chi connectivity index (χ1) is 9.80. The number of morpholine rings is 1. The van der Waals surface area contributed by atoms with Crippen molar-refractivity contribution < 1.29 is 18.3 Å². The fourth-order valence-electron chi connectivity index (χ4n) is 2.51. The number of nitrogens with zero attached hydrogens (tertiary/aromatic N) is 1. The molecule has 3 nitrogen and oxygen atoms in total. The highest BCUT2D eigenvalue weighted by Gasteiger charge is 2.35. The van der Waals surface area contributed by atoms with Crippen LogP contribution in [-0.4, -0.2) is 41.5 Å². The molecule has 0 aliphatic carbocycles. The van der Waals surface area contributed by atoms with E-state index in [0.29, 0.717) is 13.1 Å². The average molecular weight is 318 g/mol. The van der Waals surface area contributed by atoms with Crippen molar-refractivity contribution >= 4 is 17.5 Å². The fourth-order valence-corrected chi connectivity index (χ4v) is 2.67. The van der Waals surface area contributed by atoms with Gasteiger partial charge in [-0.15, -0.1) is 11.6 Å². The molecule has 1 aliphatic rings. The summed E-state index contributed by atoms with van der Waals surface area (Å²) in [6, 6.07) is 3.23. The lowest BCUT2D eigenvalue weighted by atomic mass is 10.0. The molecule has 6 heteroatoms. The lowest BCUT2D eigenvalue weighted by Crippen LogP contribution is -2.55. The summed E-state index contributed by atoms with van der Waals surface area (Å²) in [7, 11) is 0. The van der Waals surface area contributed by atoms with Crippen LogP contribution in [0.4, 0.5) is 8.78 Å². The number of hydrogen-bond donors (Lipinski definition) is 0. The van der Waals surface area contributed by atoms with E-state index >= 15 is 0 Å². The standard InChI is InChI=1S/C15H18ClF2NO2/c1-15(2)9-19(8-12(7-16)21-15)14(20)5-10-3-4-11(17)6-13(10)18/h3-4,6,12H,5,7-9H2,1-2H3. The maximum atomic E-state index is 13.6. The van der Waals surface area contributed by atoms with Crippen LogP contribution in [0.5, 0.6) is 0 Å². The van der Waals surface area contributed by atoms with Crippen molar-refractivity contribution in [2.45, 2.75) is 32.0 Å². The predicted octanol–water partition coefficient (Wildman–Crippen LogP) is 2.75. The molecule has 1 fully saturated rings. The SMILES string of the molecule is CC1(C)CN(C(=O)Cc2ccc(F)cc2F)CC(CCl)O1. The molecule has 1 aromatic carbocycles. The van der Waals surface area contributed by atoms with Gasteiger partial charge in [-0.05, 0) is 25.5 Å². The second kappa shape index (κ2) is 6.28. The van der Waals surface area contributed by atoms with Gasteiger partial charge in [-0.2, -0.15) is 0 Å². The van der Waals surface area contributed by atoms with Gasteiger partial charge in [0.1, 0.15) is 11.6 Å². The van der Waals surface area contributed by atoms with Crippen LogP contribution in [0, 0.1) is 11.6 Å². The van der Waals surface area contributed by atoms with Crippen molar-refractivity contribution in [3.63, 3.8) is 0 Å². The maximum absolute atomic E-state index is 13.6. The second-order valence-electron chi connectivity index (χ2n) is 5.84. The first-order valence-electron chi connectivity index (χ1n) is 6.76. The largest absolute Gasteiger partial charge is 0.367 e. The molecule has 2 rings (SSSR count). The van der Waals surface area contributed by atoms with Crippen LogP contribution in [0.2, 0.25) is 0 Å². The van der Waals surface area contributed by atoms with Crippen molar-refractivity contribution in [1.29, 1.82) is 0 Å². The molecule has 1 unspecified atom stereocenters. The second-order valence-corrected chi connectivity index (χ2v) is 6.15. The van der Waals surface area contributed by atoms with E-state index in [9.17, 15) is 13.6 Å². The molecular weight excluding hydrogens is 300 g/mol. The number of alkyl halides is 1. The number of halogens is 3. The van der Waals surface area contributed by atoms with E-state index in [1.807, 2.05) is 13.8 Å². The molecule has 0 radical (unpaired) electrons. The Bertz CT molecular complexity index is 536. The number of amides is 1. The minimum atomic E-state index is -0.704. The number of hydrogen-bond acceptors (Lipinski definition) is 2. The van der Waals surface area contributed by atoms with E-state index in [1.54, 1.807) is 4.90 Å². The van der Waals surface area contributed by atoms with E-state index in [0.717, 1.165) is 12.1 Å². The number of ether oxygens (including phenoxy) is 1. The van der Waals surface area contributed by atoms with Crippen LogP contribution in [0.25, 0.3) is 0 Å². The monoisotopic (exact) mass is 317 g/mol. The van der Waals surface area contributed by atoms with E-state index in [-0.39, 0.29) is 29.9 Å². The summed E-state index contributed by atoms with van der Waals surface area (Å²) in [5.41, 5.74) is -0.303. The highest BCUT2D eigenvalue weighted by molar-refractivity contribution is 6.18. The Labute approximate surface area is 127 Å². The van der Waals surface area contributed by atoms with Gasteiger partial charge >= 0.3 is 0 Å². The third kappa shape index (κ3) is 4.14. The molecule has 0 bridgehead atoms. The molecule has 1 aliphatic heterocycles. The summed E-state index contributed by atoms with van der Waals surface area (Å²) >= 11 is 5.82. The summed E-state index contributed by atoms with van der Waals surface area (Å²) in [5.74, 6) is -1.28. The van der Waals surface area contributed by atoms with Gasteiger partial charge in [0.05, 0.1) is 24.0 Å². The number of carbonyl (C=O) groups excluding carboxylic acids is 1. The molecular formula is C15H18ClF2NO2. The molecule has 0 aromatic heterocycles. The van der Waals surface area contributed by atoms with Gasteiger partial charge in [0, 0.05) is 19.2 Å². The molecule has 0 N–H and O–H groups in total. The molecule has 0 saturated carbocycles. The summed E-state index contributed by atoms with van der Waals surface area (Å²) in [6.45, 7) is 4.56. The topological polar surface area (TPSA) is 29.5 Å². The lowest BCUT2D eigenvalue weighted by molar-refractivity contribution is -0.157. The first kappa shape index (κ1) is 16.2. The molecule has 1 atom stereocenters. The average Bonchev–Trinajstić information content (AvgIpc) is 2.40. The predicted molar refractivity (Wildman–Crippen MR) is 76.3 cm³/mol. The van der Waals surface area contributed by atoms with Gasteiger partial charge in [0.15, 0.2) is 0 Å². The quantitative estimate of drug-likeness (QED) is 0.802. The Morgan fingerprint density at radius 1 is 1.48 bits per heavy atom. The van der Waals surface area contributed by atoms with E-state index in [2.05, 4.69) is 0 Å². The van der Waals surface area contributed by atoms with Crippen molar-refractivity contribution in [3.8, 4) is 0 Å². The summed E-state index contributed by atoms with van der Waals surface area (Å²) in [5, 5.41) is 0. The van der Waals surface area contributed by atoms with Gasteiger partial charge in [-0.1, -0.05) is 6.07 Å². The summed E-state index contributed by atoms with van der Waals surface area (Å²) in [4.78, 5) is 13.9. The highest BCUT2D eigenvalue weighted by atomic mass is 35.5. The Morgan fingerprint density at radius 3 is 2.81 bits per heavy atom. The normalized spacial score (nSPS) is 21.4. The summed E-state index contributed by atoms with van der Waals surface area (Å²) in [6.07, 6.45) is -0.338. The van der Waals surface area contributed by atoms with Crippen molar-refractivity contribution in [3.05, 3.63) is 35.4 Å². The molecule has 1 amide bonds. The fraction of sp³-hybridized carbons (Fsp3) is 0.533. The third-order valence-corrected chi connectivity index (χ3v) is 3.71. The molecule has 1 saturated heterocycles. The van der Waals surface area contributed by atoms with Gasteiger partial charge in [-0.3, -0.25) is 4.79 Å². The van der Waals surface area contributed by atoms with E-state index in [1.165, 1.54) is 6.07 Å². The smallest absolute Gasteiger partial charge is 0.227 e. The van der Waals surface area contributed by atoms with E-state index < -0.39 is 17.2 Å². The minimum Gasteiger partial charge on any atom is -0.367 e. The Balaban J connectivity index is 2.08. The zero-order valence-electron chi connectivity index (χ0n) is 12.0.